The molecule has 1 fully saturated rings. The van der Waals surface area contributed by atoms with Crippen molar-refractivity contribution in [3.63, 3.8) is 0 Å². The number of thiazole rings is 1. The summed E-state index contributed by atoms with van der Waals surface area (Å²) >= 11 is 1.62. The fraction of sp³-hybridized carbons (Fsp3) is 0.316. The van der Waals surface area contributed by atoms with Crippen LogP contribution < -0.4 is 11.1 Å². The van der Waals surface area contributed by atoms with E-state index in [4.69, 9.17) is 5.73 Å². The molecule has 0 atom stereocenters. The van der Waals surface area contributed by atoms with Crippen LogP contribution in [0.25, 0.3) is 10.4 Å². The Kier molecular flexibility index (Phi) is 4.49. The minimum Gasteiger partial charge on any atom is -0.399 e. The summed E-state index contributed by atoms with van der Waals surface area (Å²) in [6.45, 7) is 2.22. The Balaban J connectivity index is 1.61. The van der Waals surface area contributed by atoms with Crippen molar-refractivity contribution in [1.82, 2.24) is 15.0 Å². The maximum atomic E-state index is 12.8. The quantitative estimate of drug-likeness (QED) is 0.570. The van der Waals surface area contributed by atoms with Gasteiger partial charge < -0.3 is 11.1 Å². The van der Waals surface area contributed by atoms with Crippen molar-refractivity contribution >= 4 is 28.7 Å². The van der Waals surface area contributed by atoms with E-state index in [9.17, 15) is 13.2 Å². The lowest BCUT2D eigenvalue weighted by Crippen LogP contribution is -2.29. The molecule has 146 valence electrons. The topological polar surface area (TPSA) is 76.7 Å². The number of anilines is 3. The molecule has 1 aliphatic carbocycles. The van der Waals surface area contributed by atoms with Gasteiger partial charge in [0.05, 0.1) is 9.88 Å². The van der Waals surface area contributed by atoms with Crippen molar-refractivity contribution in [2.24, 2.45) is 0 Å². The highest BCUT2D eigenvalue weighted by Gasteiger charge is 2.36. The van der Waals surface area contributed by atoms with E-state index in [-0.39, 0.29) is 11.4 Å². The molecule has 28 heavy (non-hydrogen) atoms. The van der Waals surface area contributed by atoms with E-state index >= 15 is 0 Å². The highest BCUT2D eigenvalue weighted by molar-refractivity contribution is 7.15. The van der Waals surface area contributed by atoms with Crippen LogP contribution in [0.1, 0.15) is 36.9 Å². The summed E-state index contributed by atoms with van der Waals surface area (Å²) < 4.78 is 38.5. The fourth-order valence-corrected chi connectivity index (χ4v) is 4.28. The van der Waals surface area contributed by atoms with E-state index in [1.165, 1.54) is 6.42 Å². The second-order valence-electron chi connectivity index (χ2n) is 7.18. The van der Waals surface area contributed by atoms with Gasteiger partial charge in [-0.2, -0.15) is 13.2 Å². The Morgan fingerprint density at radius 2 is 1.96 bits per heavy atom. The van der Waals surface area contributed by atoms with Crippen molar-refractivity contribution in [2.45, 2.75) is 37.8 Å². The third-order valence-electron chi connectivity index (χ3n) is 4.92. The van der Waals surface area contributed by atoms with Crippen molar-refractivity contribution in [1.29, 1.82) is 0 Å². The summed E-state index contributed by atoms with van der Waals surface area (Å²) in [6, 6.07) is 6.08. The van der Waals surface area contributed by atoms with Gasteiger partial charge in [-0.25, -0.2) is 15.0 Å². The molecule has 3 N–H and O–H groups in total. The van der Waals surface area contributed by atoms with Crippen molar-refractivity contribution in [2.75, 3.05) is 11.1 Å². The van der Waals surface area contributed by atoms with E-state index in [0.717, 1.165) is 40.6 Å². The van der Waals surface area contributed by atoms with Gasteiger partial charge in [0.1, 0.15) is 5.69 Å². The van der Waals surface area contributed by atoms with Gasteiger partial charge in [0, 0.05) is 29.2 Å². The summed E-state index contributed by atoms with van der Waals surface area (Å²) in [5, 5.41) is 3.91. The molecule has 1 aromatic carbocycles. The first-order chi connectivity index (χ1) is 13.2. The lowest BCUT2D eigenvalue weighted by atomic mass is 9.71. The first kappa shape index (κ1) is 18.7. The number of benzene rings is 1. The molecule has 5 nitrogen and oxygen atoms in total. The molecular formula is C19H18F3N5S. The van der Waals surface area contributed by atoms with Gasteiger partial charge in [-0.15, -0.1) is 11.3 Å². The summed E-state index contributed by atoms with van der Waals surface area (Å²) in [7, 11) is 0. The molecule has 1 aliphatic rings. The van der Waals surface area contributed by atoms with Crippen LogP contribution in [0.3, 0.4) is 0 Å². The molecule has 1 saturated carbocycles. The highest BCUT2D eigenvalue weighted by Crippen LogP contribution is 2.46. The Bertz CT molecular complexity index is 1010. The van der Waals surface area contributed by atoms with Crippen molar-refractivity contribution < 1.29 is 13.2 Å². The number of aromatic nitrogens is 3. The number of nitrogens with two attached hydrogens (primary N) is 1. The van der Waals surface area contributed by atoms with Crippen LogP contribution in [0.15, 0.2) is 36.7 Å². The maximum Gasteiger partial charge on any atom is 0.433 e. The van der Waals surface area contributed by atoms with Gasteiger partial charge in [-0.05, 0) is 42.7 Å². The molecule has 0 bridgehead atoms. The second-order valence-corrected chi connectivity index (χ2v) is 8.21. The number of hydrogen-bond acceptors (Lipinski definition) is 6. The van der Waals surface area contributed by atoms with Crippen LogP contribution in [0.5, 0.6) is 0 Å². The minimum atomic E-state index is -4.53. The van der Waals surface area contributed by atoms with E-state index < -0.39 is 11.9 Å². The number of nitrogens with one attached hydrogen (secondary N) is 1. The lowest BCUT2D eigenvalue weighted by Gasteiger charge is -2.36. The smallest absolute Gasteiger partial charge is 0.399 e. The Hall–Kier alpha value is -2.68. The molecule has 0 spiro atoms. The monoisotopic (exact) mass is 405 g/mol. The molecule has 4 rings (SSSR count). The zero-order valence-corrected chi connectivity index (χ0v) is 15.9. The normalized spacial score (nSPS) is 15.9. The van der Waals surface area contributed by atoms with Gasteiger partial charge in [-0.1, -0.05) is 13.3 Å². The van der Waals surface area contributed by atoms with Gasteiger partial charge in [0.25, 0.3) is 0 Å². The Morgan fingerprint density at radius 3 is 2.64 bits per heavy atom. The molecule has 2 aromatic heterocycles. The van der Waals surface area contributed by atoms with Crippen LogP contribution in [0, 0.1) is 0 Å². The summed E-state index contributed by atoms with van der Waals surface area (Å²) in [6.07, 6.45) is 1.85. The second kappa shape index (κ2) is 6.73. The van der Waals surface area contributed by atoms with Crippen LogP contribution in [0.2, 0.25) is 0 Å². The predicted octanol–water partition coefficient (Wildman–Crippen LogP) is 5.39. The van der Waals surface area contributed by atoms with E-state index in [1.807, 2.05) is 12.3 Å². The molecular weight excluding hydrogens is 387 g/mol. The number of nitrogens with zero attached hydrogens (tertiary/aromatic N) is 3. The van der Waals surface area contributed by atoms with Crippen molar-refractivity contribution in [3.05, 3.63) is 47.4 Å². The van der Waals surface area contributed by atoms with Gasteiger partial charge in [0.15, 0.2) is 0 Å². The standard InChI is InChI=1S/C19H18F3N5S/c1-18(4-2-5-18)16-25-10-14(28-16)11-7-12(23)9-13(8-11)26-17-24-6-3-15(27-17)19(20,21)22/h3,6-10H,2,4-5,23H2,1H3,(H,24,26,27). The molecule has 0 radical (unpaired) electrons. The summed E-state index contributed by atoms with van der Waals surface area (Å²) in [5.41, 5.74) is 6.99. The first-order valence-electron chi connectivity index (χ1n) is 8.77. The highest BCUT2D eigenvalue weighted by atomic mass is 32.1. The fourth-order valence-electron chi connectivity index (χ4n) is 3.18. The Morgan fingerprint density at radius 1 is 1.18 bits per heavy atom. The molecule has 0 saturated heterocycles. The first-order valence-corrected chi connectivity index (χ1v) is 9.59. The van der Waals surface area contributed by atoms with E-state index in [1.54, 1.807) is 23.5 Å². The minimum absolute atomic E-state index is 0.140. The molecule has 9 heteroatoms. The maximum absolute atomic E-state index is 12.8. The molecule has 2 heterocycles. The SMILES string of the molecule is CC1(c2ncc(-c3cc(N)cc(Nc4nccc(C(F)(F)F)n4)c3)s2)CCC1. The van der Waals surface area contributed by atoms with Gasteiger partial charge in [0.2, 0.25) is 5.95 Å². The summed E-state index contributed by atoms with van der Waals surface area (Å²) in [5.74, 6) is -0.140. The zero-order valence-electron chi connectivity index (χ0n) is 15.0. The van der Waals surface area contributed by atoms with E-state index in [0.29, 0.717) is 11.4 Å². The van der Waals surface area contributed by atoms with Crippen LogP contribution in [-0.4, -0.2) is 15.0 Å². The Labute approximate surface area is 163 Å². The molecule has 3 aromatic rings. The third-order valence-corrected chi connectivity index (χ3v) is 6.27. The average Bonchev–Trinajstić information content (AvgIpc) is 3.09. The summed E-state index contributed by atoms with van der Waals surface area (Å²) in [4.78, 5) is 12.9. The predicted molar refractivity (Wildman–Crippen MR) is 103 cm³/mol. The molecule has 0 unspecified atom stereocenters. The molecule has 0 amide bonds. The van der Waals surface area contributed by atoms with E-state index in [2.05, 4.69) is 27.2 Å². The zero-order chi connectivity index (χ0) is 19.9. The lowest BCUT2D eigenvalue weighted by molar-refractivity contribution is -0.141. The van der Waals surface area contributed by atoms with Crippen LogP contribution in [0.4, 0.5) is 30.5 Å². The largest absolute Gasteiger partial charge is 0.433 e. The van der Waals surface area contributed by atoms with Crippen LogP contribution >= 0.6 is 11.3 Å². The van der Waals surface area contributed by atoms with Crippen molar-refractivity contribution in [3.8, 4) is 10.4 Å². The van der Waals surface area contributed by atoms with Gasteiger partial charge >= 0.3 is 6.18 Å². The third kappa shape index (κ3) is 3.66. The van der Waals surface area contributed by atoms with Gasteiger partial charge in [-0.3, -0.25) is 0 Å². The number of hydrogen-bond donors (Lipinski definition) is 2. The number of halogens is 3. The number of nitrogen functional groups attached to an aromatic ring is 1. The average molecular weight is 405 g/mol. The van der Waals surface area contributed by atoms with Crippen LogP contribution in [-0.2, 0) is 11.6 Å². The number of alkyl halides is 3. The number of rotatable bonds is 4. The molecule has 0 aliphatic heterocycles.